The van der Waals surface area contributed by atoms with Gasteiger partial charge in [-0.1, -0.05) is 13.8 Å². The van der Waals surface area contributed by atoms with Crippen molar-refractivity contribution in [2.24, 2.45) is 5.41 Å². The third kappa shape index (κ3) is 4.78. The van der Waals surface area contributed by atoms with Gasteiger partial charge in [-0.3, -0.25) is 4.79 Å². The number of carbonyl (C=O) groups excluding carboxylic acids is 1. The topological polar surface area (TPSA) is 52.6 Å². The molecule has 1 fully saturated rings. The van der Waals surface area contributed by atoms with Gasteiger partial charge in [-0.25, -0.2) is 0 Å². The number of nitrogens with zero attached hydrogens (tertiary/aromatic N) is 1. The Balaban J connectivity index is 2.45. The number of hydrogen-bond donors (Lipinski definition) is 2. The highest BCUT2D eigenvalue weighted by Crippen LogP contribution is 2.27. The summed E-state index contributed by atoms with van der Waals surface area (Å²) >= 11 is 1.80. The first-order valence-electron chi connectivity index (χ1n) is 6.48. The van der Waals surface area contributed by atoms with Gasteiger partial charge in [0, 0.05) is 13.1 Å². The van der Waals surface area contributed by atoms with Gasteiger partial charge >= 0.3 is 0 Å². The van der Waals surface area contributed by atoms with Gasteiger partial charge in [-0.05, 0) is 43.9 Å². The molecule has 4 nitrogen and oxygen atoms in total. The molecule has 0 spiro atoms. The van der Waals surface area contributed by atoms with Crippen molar-refractivity contribution in [3.63, 3.8) is 0 Å². The number of amides is 1. The molecule has 1 heterocycles. The molecule has 5 heteroatoms. The normalized spacial score (nSPS) is 19.9. The summed E-state index contributed by atoms with van der Waals surface area (Å²) in [5.74, 6) is 1.53. The number of nitrogens with one attached hydrogen (secondary N) is 1. The van der Waals surface area contributed by atoms with Crippen LogP contribution in [0.1, 0.15) is 26.7 Å². The molecule has 0 bridgehead atoms. The van der Waals surface area contributed by atoms with E-state index in [1.807, 2.05) is 14.1 Å². The highest BCUT2D eigenvalue weighted by atomic mass is 32.2. The van der Waals surface area contributed by atoms with Crippen LogP contribution in [0.5, 0.6) is 0 Å². The summed E-state index contributed by atoms with van der Waals surface area (Å²) in [6.45, 7) is 5.74. The Bertz CT molecular complexity index is 287. The van der Waals surface area contributed by atoms with E-state index in [1.165, 1.54) is 0 Å². The molecule has 106 valence electrons. The molecule has 1 aliphatic rings. The molecular weight excluding hydrogens is 248 g/mol. The van der Waals surface area contributed by atoms with Crippen LogP contribution in [0.3, 0.4) is 0 Å². The molecule has 0 unspecified atom stereocenters. The zero-order valence-electron chi connectivity index (χ0n) is 12.0. The fraction of sp³-hybridized carbons (Fsp3) is 0.923. The van der Waals surface area contributed by atoms with Crippen LogP contribution < -0.4 is 5.32 Å². The molecule has 0 aromatic rings. The van der Waals surface area contributed by atoms with Crippen LogP contribution in [0.15, 0.2) is 0 Å². The summed E-state index contributed by atoms with van der Waals surface area (Å²) in [4.78, 5) is 14.2. The van der Waals surface area contributed by atoms with Crippen molar-refractivity contribution in [2.75, 3.05) is 38.7 Å². The van der Waals surface area contributed by atoms with E-state index in [2.05, 4.69) is 24.1 Å². The third-order valence-electron chi connectivity index (χ3n) is 3.21. The number of rotatable bonds is 5. The van der Waals surface area contributed by atoms with Crippen molar-refractivity contribution in [1.29, 1.82) is 0 Å². The summed E-state index contributed by atoms with van der Waals surface area (Å²) in [7, 11) is 4.05. The molecule has 18 heavy (non-hydrogen) atoms. The standard InChI is InChI=1S/C13H26N2O2S/c1-12(2,10-15(3)4)9-14-11(16)13(17)5-7-18-8-6-13/h17H,5-10H2,1-4H3,(H,14,16). The van der Waals surface area contributed by atoms with Gasteiger partial charge < -0.3 is 15.3 Å². The molecule has 0 saturated carbocycles. The van der Waals surface area contributed by atoms with E-state index in [1.54, 1.807) is 11.8 Å². The number of thioether (sulfide) groups is 1. The summed E-state index contributed by atoms with van der Waals surface area (Å²) in [6, 6.07) is 0. The van der Waals surface area contributed by atoms with E-state index in [0.29, 0.717) is 19.4 Å². The lowest BCUT2D eigenvalue weighted by Gasteiger charge is -2.33. The van der Waals surface area contributed by atoms with Crippen molar-refractivity contribution in [2.45, 2.75) is 32.3 Å². The van der Waals surface area contributed by atoms with Gasteiger partial charge in [0.1, 0.15) is 5.60 Å². The molecule has 0 aromatic carbocycles. The van der Waals surface area contributed by atoms with Gasteiger partial charge in [0.2, 0.25) is 0 Å². The Morgan fingerprint density at radius 1 is 1.39 bits per heavy atom. The maximum absolute atomic E-state index is 12.1. The summed E-state index contributed by atoms with van der Waals surface area (Å²) < 4.78 is 0. The molecular formula is C13H26N2O2S. The van der Waals surface area contributed by atoms with Crippen molar-refractivity contribution in [3.8, 4) is 0 Å². The number of aliphatic hydroxyl groups is 1. The minimum atomic E-state index is -1.14. The van der Waals surface area contributed by atoms with Crippen LogP contribution in [-0.4, -0.2) is 60.2 Å². The largest absolute Gasteiger partial charge is 0.380 e. The molecule has 2 N–H and O–H groups in total. The molecule has 1 saturated heterocycles. The molecule has 0 atom stereocenters. The van der Waals surface area contributed by atoms with Crippen molar-refractivity contribution >= 4 is 17.7 Å². The lowest BCUT2D eigenvalue weighted by atomic mass is 9.91. The van der Waals surface area contributed by atoms with Gasteiger partial charge in [0.25, 0.3) is 5.91 Å². The zero-order chi connectivity index (χ0) is 13.8. The number of hydrogen-bond acceptors (Lipinski definition) is 4. The molecule has 0 radical (unpaired) electrons. The summed E-state index contributed by atoms with van der Waals surface area (Å²) in [5, 5.41) is 13.2. The minimum Gasteiger partial charge on any atom is -0.380 e. The molecule has 0 aliphatic carbocycles. The monoisotopic (exact) mass is 274 g/mol. The molecule has 0 aromatic heterocycles. The average Bonchev–Trinajstić information content (AvgIpc) is 2.25. The Kier molecular flexibility index (Phi) is 5.49. The van der Waals surface area contributed by atoms with E-state index in [9.17, 15) is 9.90 Å². The van der Waals surface area contributed by atoms with Crippen LogP contribution in [0.25, 0.3) is 0 Å². The molecule has 1 rings (SSSR count). The second kappa shape index (κ2) is 6.26. The van der Waals surface area contributed by atoms with Crippen LogP contribution in [-0.2, 0) is 4.79 Å². The van der Waals surface area contributed by atoms with Crippen molar-refractivity contribution in [1.82, 2.24) is 10.2 Å². The second-order valence-electron chi connectivity index (χ2n) is 6.23. The van der Waals surface area contributed by atoms with Crippen molar-refractivity contribution in [3.05, 3.63) is 0 Å². The Labute approximate surface area is 115 Å². The SMILES string of the molecule is CN(C)CC(C)(C)CNC(=O)C1(O)CCSCC1. The molecule has 1 aliphatic heterocycles. The van der Waals surface area contributed by atoms with Crippen molar-refractivity contribution < 1.29 is 9.90 Å². The maximum atomic E-state index is 12.1. The van der Waals surface area contributed by atoms with Gasteiger partial charge in [0.15, 0.2) is 0 Å². The highest BCUT2D eigenvalue weighted by Gasteiger charge is 2.37. The zero-order valence-corrected chi connectivity index (χ0v) is 12.8. The van der Waals surface area contributed by atoms with E-state index >= 15 is 0 Å². The predicted octanol–water partition coefficient (Wildman–Crippen LogP) is 0.948. The second-order valence-corrected chi connectivity index (χ2v) is 7.45. The lowest BCUT2D eigenvalue weighted by Crippen LogP contribution is -2.51. The fourth-order valence-electron chi connectivity index (χ4n) is 2.33. The third-order valence-corrected chi connectivity index (χ3v) is 4.20. The van der Waals surface area contributed by atoms with Crippen LogP contribution in [0, 0.1) is 5.41 Å². The Hall–Kier alpha value is -0.260. The van der Waals surface area contributed by atoms with Crippen LogP contribution >= 0.6 is 11.8 Å². The molecule has 1 amide bonds. The van der Waals surface area contributed by atoms with Gasteiger partial charge in [-0.15, -0.1) is 0 Å². The Morgan fingerprint density at radius 2 is 1.94 bits per heavy atom. The van der Waals surface area contributed by atoms with E-state index < -0.39 is 5.60 Å². The van der Waals surface area contributed by atoms with Crippen LogP contribution in [0.2, 0.25) is 0 Å². The van der Waals surface area contributed by atoms with E-state index in [-0.39, 0.29) is 11.3 Å². The summed E-state index contributed by atoms with van der Waals surface area (Å²) in [6.07, 6.45) is 1.13. The Morgan fingerprint density at radius 3 is 2.44 bits per heavy atom. The lowest BCUT2D eigenvalue weighted by molar-refractivity contribution is -0.141. The maximum Gasteiger partial charge on any atom is 0.252 e. The first kappa shape index (κ1) is 15.8. The first-order chi connectivity index (χ1) is 8.25. The first-order valence-corrected chi connectivity index (χ1v) is 7.64. The average molecular weight is 274 g/mol. The summed E-state index contributed by atoms with van der Waals surface area (Å²) in [5.41, 5.74) is -1.13. The van der Waals surface area contributed by atoms with Gasteiger partial charge in [-0.2, -0.15) is 11.8 Å². The quantitative estimate of drug-likeness (QED) is 0.784. The highest BCUT2D eigenvalue weighted by molar-refractivity contribution is 7.99. The predicted molar refractivity (Wildman–Crippen MR) is 76.9 cm³/mol. The van der Waals surface area contributed by atoms with Crippen LogP contribution in [0.4, 0.5) is 0 Å². The van der Waals surface area contributed by atoms with E-state index in [0.717, 1.165) is 18.1 Å². The minimum absolute atomic E-state index is 0.0128. The smallest absolute Gasteiger partial charge is 0.252 e. The number of carbonyl (C=O) groups is 1. The van der Waals surface area contributed by atoms with E-state index in [4.69, 9.17) is 0 Å². The van der Waals surface area contributed by atoms with Gasteiger partial charge in [0.05, 0.1) is 0 Å². The fourth-order valence-corrected chi connectivity index (χ4v) is 3.50.